The highest BCUT2D eigenvalue weighted by Crippen LogP contribution is 1.93. The first-order chi connectivity index (χ1) is 3.85. The Hall–Kier alpha value is -1.03. The predicted molar refractivity (Wildman–Crippen MR) is 34.2 cm³/mol. The van der Waals surface area contributed by atoms with Crippen LogP contribution in [0.3, 0.4) is 0 Å². The normalized spacial score (nSPS) is 10.2. The molecule has 0 spiro atoms. The molecule has 0 saturated heterocycles. The third-order valence-corrected chi connectivity index (χ3v) is 0.773. The second-order valence-corrected chi connectivity index (χ2v) is 1.38. The van der Waals surface area contributed by atoms with Gasteiger partial charge >= 0.3 is 0 Å². The fourth-order valence-corrected chi connectivity index (χ4v) is 0.395. The minimum atomic E-state index is 0.660. The molecule has 0 radical (unpaired) electrons. The molecule has 42 valence electrons. The zero-order valence-electron chi connectivity index (χ0n) is 5.02. The highest BCUT2D eigenvalue weighted by Gasteiger charge is 1.80. The summed E-state index contributed by atoms with van der Waals surface area (Å²) >= 11 is 0. The van der Waals surface area contributed by atoms with E-state index in [0.717, 1.165) is 6.42 Å². The molecular weight excluding hydrogens is 98.1 g/mol. The van der Waals surface area contributed by atoms with Crippen LogP contribution in [-0.4, -0.2) is 0 Å². The first kappa shape index (κ1) is 6.97. The average molecular weight is 107 g/mol. The molecule has 1 heteroatoms. The van der Waals surface area contributed by atoms with Crippen LogP contribution in [0.5, 0.6) is 0 Å². The van der Waals surface area contributed by atoms with Crippen LogP contribution in [0.4, 0.5) is 0 Å². The van der Waals surface area contributed by atoms with Crippen LogP contribution in [0.1, 0.15) is 13.3 Å². The summed E-state index contributed by atoms with van der Waals surface area (Å²) < 4.78 is 0. The fraction of sp³-hybridized carbons (Fsp3) is 0.286. The van der Waals surface area contributed by atoms with Crippen LogP contribution >= 0.6 is 0 Å². The van der Waals surface area contributed by atoms with Gasteiger partial charge in [-0.15, -0.1) is 0 Å². The quantitative estimate of drug-likeness (QED) is 0.391. The maximum absolute atomic E-state index is 8.27. The standard InChI is InChI=1S/C7H9N/c1-3-5-7(4-2)6-8/h4-5H,2-3H2,1H3. The van der Waals surface area contributed by atoms with E-state index in [1.807, 2.05) is 19.1 Å². The highest BCUT2D eigenvalue weighted by molar-refractivity contribution is 5.30. The molecule has 0 N–H and O–H groups in total. The molecule has 0 heterocycles. The van der Waals surface area contributed by atoms with E-state index in [0.29, 0.717) is 5.57 Å². The summed E-state index contributed by atoms with van der Waals surface area (Å²) in [6, 6.07) is 2.00. The van der Waals surface area contributed by atoms with Gasteiger partial charge in [0, 0.05) is 5.57 Å². The molecule has 0 amide bonds. The van der Waals surface area contributed by atoms with Crippen LogP contribution < -0.4 is 0 Å². The molecule has 0 aromatic carbocycles. The molecule has 0 atom stereocenters. The van der Waals surface area contributed by atoms with Crippen LogP contribution in [0, 0.1) is 11.3 Å². The maximum Gasteiger partial charge on any atom is 0.0987 e. The van der Waals surface area contributed by atoms with Gasteiger partial charge in [0.1, 0.15) is 0 Å². The fourth-order valence-electron chi connectivity index (χ4n) is 0.395. The molecule has 0 fully saturated rings. The smallest absolute Gasteiger partial charge is 0.0987 e. The van der Waals surface area contributed by atoms with E-state index < -0.39 is 0 Å². The van der Waals surface area contributed by atoms with E-state index in [1.165, 1.54) is 0 Å². The van der Waals surface area contributed by atoms with E-state index in [-0.39, 0.29) is 0 Å². The SMILES string of the molecule is C=CC(C#N)=CCC. The first-order valence-corrected chi connectivity index (χ1v) is 2.57. The van der Waals surface area contributed by atoms with Crippen LogP contribution in [0.25, 0.3) is 0 Å². The lowest BCUT2D eigenvalue weighted by molar-refractivity contribution is 1.21. The molecule has 1 nitrogen and oxygen atoms in total. The highest BCUT2D eigenvalue weighted by atomic mass is 14.2. The number of hydrogen-bond acceptors (Lipinski definition) is 1. The Morgan fingerprint density at radius 1 is 1.88 bits per heavy atom. The Morgan fingerprint density at radius 3 is 2.62 bits per heavy atom. The summed E-state index contributed by atoms with van der Waals surface area (Å²) in [5.41, 5.74) is 0.660. The van der Waals surface area contributed by atoms with Gasteiger partial charge in [0.2, 0.25) is 0 Å². The van der Waals surface area contributed by atoms with Crippen molar-refractivity contribution in [1.82, 2.24) is 0 Å². The molecule has 0 aliphatic rings. The van der Waals surface area contributed by atoms with E-state index in [2.05, 4.69) is 6.58 Å². The van der Waals surface area contributed by atoms with E-state index in [9.17, 15) is 0 Å². The molecule has 8 heavy (non-hydrogen) atoms. The number of hydrogen-bond donors (Lipinski definition) is 0. The zero-order valence-corrected chi connectivity index (χ0v) is 5.02. The lowest BCUT2D eigenvalue weighted by Gasteiger charge is -1.80. The van der Waals surface area contributed by atoms with Gasteiger partial charge in [-0.2, -0.15) is 5.26 Å². The van der Waals surface area contributed by atoms with Crippen molar-refractivity contribution in [2.75, 3.05) is 0 Å². The second-order valence-electron chi connectivity index (χ2n) is 1.38. The van der Waals surface area contributed by atoms with E-state index in [4.69, 9.17) is 5.26 Å². The van der Waals surface area contributed by atoms with Gasteiger partial charge in [0.05, 0.1) is 6.07 Å². The molecule has 0 saturated carbocycles. The summed E-state index contributed by atoms with van der Waals surface area (Å²) in [4.78, 5) is 0. The lowest BCUT2D eigenvalue weighted by atomic mass is 10.2. The topological polar surface area (TPSA) is 23.8 Å². The largest absolute Gasteiger partial charge is 0.192 e. The second kappa shape index (κ2) is 4.14. The molecule has 0 aromatic rings. The number of nitriles is 1. The Kier molecular flexibility index (Phi) is 3.60. The Balaban J connectivity index is 3.92. The lowest BCUT2D eigenvalue weighted by Crippen LogP contribution is -1.66. The van der Waals surface area contributed by atoms with Crippen molar-refractivity contribution in [2.24, 2.45) is 0 Å². The van der Waals surface area contributed by atoms with Crippen molar-refractivity contribution in [1.29, 1.82) is 5.26 Å². The van der Waals surface area contributed by atoms with E-state index in [1.54, 1.807) is 6.08 Å². The monoisotopic (exact) mass is 107 g/mol. The third kappa shape index (κ3) is 2.20. The summed E-state index contributed by atoms with van der Waals surface area (Å²) in [6.07, 6.45) is 4.30. The predicted octanol–water partition coefficient (Wildman–Crippen LogP) is 2.03. The zero-order chi connectivity index (χ0) is 6.41. The molecule has 0 aliphatic carbocycles. The molecule has 0 aliphatic heterocycles. The Labute approximate surface area is 49.9 Å². The minimum Gasteiger partial charge on any atom is -0.192 e. The Bertz CT molecular complexity index is 137. The van der Waals surface area contributed by atoms with Crippen LogP contribution in [0.2, 0.25) is 0 Å². The van der Waals surface area contributed by atoms with Gasteiger partial charge in [-0.05, 0) is 6.42 Å². The summed E-state index contributed by atoms with van der Waals surface area (Å²) in [7, 11) is 0. The van der Waals surface area contributed by atoms with Gasteiger partial charge < -0.3 is 0 Å². The van der Waals surface area contributed by atoms with Crippen molar-refractivity contribution in [3.8, 4) is 6.07 Å². The molecule has 0 unspecified atom stereocenters. The molecular formula is C7H9N. The van der Waals surface area contributed by atoms with Crippen molar-refractivity contribution in [3.63, 3.8) is 0 Å². The summed E-state index contributed by atoms with van der Waals surface area (Å²) in [6.45, 7) is 5.45. The van der Waals surface area contributed by atoms with Crippen molar-refractivity contribution in [3.05, 3.63) is 24.3 Å². The summed E-state index contributed by atoms with van der Waals surface area (Å²) in [5.74, 6) is 0. The number of allylic oxidation sites excluding steroid dienone is 3. The Morgan fingerprint density at radius 2 is 2.50 bits per heavy atom. The number of nitrogens with zero attached hydrogens (tertiary/aromatic N) is 1. The molecule has 0 rings (SSSR count). The van der Waals surface area contributed by atoms with Crippen molar-refractivity contribution >= 4 is 0 Å². The van der Waals surface area contributed by atoms with Crippen LogP contribution in [0.15, 0.2) is 24.3 Å². The van der Waals surface area contributed by atoms with Crippen molar-refractivity contribution < 1.29 is 0 Å². The molecule has 0 bridgehead atoms. The third-order valence-electron chi connectivity index (χ3n) is 0.773. The van der Waals surface area contributed by atoms with Gasteiger partial charge in [-0.25, -0.2) is 0 Å². The average Bonchev–Trinajstić information content (AvgIpc) is 1.83. The van der Waals surface area contributed by atoms with Gasteiger partial charge in [-0.3, -0.25) is 0 Å². The van der Waals surface area contributed by atoms with E-state index >= 15 is 0 Å². The first-order valence-electron chi connectivity index (χ1n) is 2.57. The van der Waals surface area contributed by atoms with Gasteiger partial charge in [0.25, 0.3) is 0 Å². The minimum absolute atomic E-state index is 0.660. The molecule has 0 aromatic heterocycles. The van der Waals surface area contributed by atoms with Crippen LogP contribution in [-0.2, 0) is 0 Å². The summed E-state index contributed by atoms with van der Waals surface area (Å²) in [5, 5.41) is 8.27. The van der Waals surface area contributed by atoms with Crippen molar-refractivity contribution in [2.45, 2.75) is 13.3 Å². The van der Waals surface area contributed by atoms with Gasteiger partial charge in [0.15, 0.2) is 0 Å². The maximum atomic E-state index is 8.27. The number of rotatable bonds is 2. The van der Waals surface area contributed by atoms with Gasteiger partial charge in [-0.1, -0.05) is 25.7 Å².